The van der Waals surface area contributed by atoms with E-state index < -0.39 is 0 Å². The van der Waals surface area contributed by atoms with Gasteiger partial charge in [0.2, 0.25) is 0 Å². The van der Waals surface area contributed by atoms with Crippen LogP contribution >= 0.6 is 11.6 Å². The third kappa shape index (κ3) is 6.89. The summed E-state index contributed by atoms with van der Waals surface area (Å²) in [6.07, 6.45) is 3.93. The maximum atomic E-state index is 11.9. The van der Waals surface area contributed by atoms with Gasteiger partial charge >= 0.3 is 6.09 Å². The minimum absolute atomic E-state index is 0.00716. The zero-order valence-electron chi connectivity index (χ0n) is 16.0. The Bertz CT molecular complexity index is 758. The molecule has 0 radical (unpaired) electrons. The normalized spacial score (nSPS) is 14.0. The number of carbonyl (C=O) groups excluding carboxylic acids is 2. The standard InChI is InChI=1S/C15H21NO2.C7H5ClO2/c1-2-13-8-10-16(11-9-13)15(17)18-12-14-6-4-3-5-7-14;8-6-3-5(4-9)1-2-7(6)10/h3-7,13H,2,8-12H2,1H3;1-4,10H. The Kier molecular flexibility index (Phi) is 8.82. The summed E-state index contributed by atoms with van der Waals surface area (Å²) in [5.41, 5.74) is 1.50. The van der Waals surface area contributed by atoms with Crippen LogP contribution in [0.25, 0.3) is 0 Å². The number of aldehydes is 1. The number of phenols is 1. The number of ether oxygens (including phenoxy) is 1. The van der Waals surface area contributed by atoms with Gasteiger partial charge in [-0.2, -0.15) is 0 Å². The number of nitrogens with zero attached hydrogens (tertiary/aromatic N) is 1. The molecule has 6 heteroatoms. The number of hydrogen-bond donors (Lipinski definition) is 1. The Balaban J connectivity index is 0.000000237. The molecular formula is C22H26ClNO4. The van der Waals surface area contributed by atoms with Crippen LogP contribution in [0.4, 0.5) is 4.79 Å². The van der Waals surface area contributed by atoms with Crippen LogP contribution in [0.15, 0.2) is 48.5 Å². The van der Waals surface area contributed by atoms with Gasteiger partial charge in [0.1, 0.15) is 18.6 Å². The maximum absolute atomic E-state index is 11.9. The Morgan fingerprint density at radius 2 is 1.89 bits per heavy atom. The minimum atomic E-state index is -0.173. The topological polar surface area (TPSA) is 66.8 Å². The molecule has 3 rings (SSSR count). The van der Waals surface area contributed by atoms with Crippen molar-refractivity contribution in [3.63, 3.8) is 0 Å². The monoisotopic (exact) mass is 403 g/mol. The molecule has 0 bridgehead atoms. The van der Waals surface area contributed by atoms with Gasteiger partial charge < -0.3 is 14.7 Å². The van der Waals surface area contributed by atoms with E-state index in [1.165, 1.54) is 24.6 Å². The first-order valence-corrected chi connectivity index (χ1v) is 9.80. The number of phenolic OH excluding ortho intramolecular Hbond substituents is 1. The maximum Gasteiger partial charge on any atom is 0.410 e. The third-order valence-corrected chi connectivity index (χ3v) is 5.07. The Morgan fingerprint density at radius 1 is 1.21 bits per heavy atom. The zero-order chi connectivity index (χ0) is 20.4. The fourth-order valence-corrected chi connectivity index (χ4v) is 3.12. The predicted octanol–water partition coefficient (Wildman–Crippen LogP) is 5.30. The van der Waals surface area contributed by atoms with Crippen molar-refractivity contribution >= 4 is 24.0 Å². The highest BCUT2D eigenvalue weighted by Crippen LogP contribution is 2.22. The summed E-state index contributed by atoms with van der Waals surface area (Å²) in [5.74, 6) is 0.774. The van der Waals surface area contributed by atoms with Gasteiger partial charge in [0.15, 0.2) is 0 Å². The average molecular weight is 404 g/mol. The van der Waals surface area contributed by atoms with E-state index in [1.807, 2.05) is 35.2 Å². The van der Waals surface area contributed by atoms with E-state index in [0.29, 0.717) is 18.5 Å². The molecule has 28 heavy (non-hydrogen) atoms. The highest BCUT2D eigenvalue weighted by atomic mass is 35.5. The second-order valence-corrected chi connectivity index (χ2v) is 7.11. The molecule has 2 aromatic rings. The van der Waals surface area contributed by atoms with Crippen molar-refractivity contribution in [3.05, 3.63) is 64.7 Å². The summed E-state index contributed by atoms with van der Waals surface area (Å²) in [6.45, 7) is 4.26. The molecule has 1 N–H and O–H groups in total. The van der Waals surface area contributed by atoms with Crippen molar-refractivity contribution in [1.82, 2.24) is 4.90 Å². The van der Waals surface area contributed by atoms with E-state index >= 15 is 0 Å². The van der Waals surface area contributed by atoms with Crippen molar-refractivity contribution in [2.24, 2.45) is 5.92 Å². The molecule has 0 atom stereocenters. The molecule has 1 amide bonds. The fraction of sp³-hybridized carbons (Fsp3) is 0.364. The van der Waals surface area contributed by atoms with Crippen molar-refractivity contribution in [2.45, 2.75) is 32.8 Å². The lowest BCUT2D eigenvalue weighted by atomic mass is 9.95. The highest BCUT2D eigenvalue weighted by Gasteiger charge is 2.22. The molecule has 1 saturated heterocycles. The van der Waals surface area contributed by atoms with Gasteiger partial charge in [-0.15, -0.1) is 0 Å². The molecule has 0 saturated carbocycles. The SMILES string of the molecule is CCC1CCN(C(=O)OCc2ccccc2)CC1.O=Cc1ccc(O)c(Cl)c1. The molecule has 1 aliphatic heterocycles. The number of likely N-dealkylation sites (tertiary alicyclic amines) is 1. The van der Waals surface area contributed by atoms with E-state index in [4.69, 9.17) is 21.4 Å². The van der Waals surface area contributed by atoms with Gasteiger partial charge in [0, 0.05) is 18.7 Å². The summed E-state index contributed by atoms with van der Waals surface area (Å²) >= 11 is 5.48. The molecule has 1 heterocycles. The summed E-state index contributed by atoms with van der Waals surface area (Å²) < 4.78 is 5.32. The summed E-state index contributed by atoms with van der Waals surface area (Å²) in [7, 11) is 0. The van der Waals surface area contributed by atoms with Crippen LogP contribution < -0.4 is 0 Å². The first-order valence-electron chi connectivity index (χ1n) is 9.42. The number of hydrogen-bond acceptors (Lipinski definition) is 4. The van der Waals surface area contributed by atoms with E-state index in [1.54, 1.807) is 0 Å². The van der Waals surface area contributed by atoms with E-state index in [-0.39, 0.29) is 16.9 Å². The molecule has 0 unspecified atom stereocenters. The molecule has 1 aliphatic rings. The lowest BCUT2D eigenvalue weighted by molar-refractivity contribution is 0.0819. The lowest BCUT2D eigenvalue weighted by Crippen LogP contribution is -2.38. The molecule has 0 aromatic heterocycles. The van der Waals surface area contributed by atoms with Gasteiger partial charge in [-0.25, -0.2) is 4.79 Å². The number of rotatable bonds is 4. The lowest BCUT2D eigenvalue weighted by Gasteiger charge is -2.30. The van der Waals surface area contributed by atoms with Crippen LogP contribution in [-0.2, 0) is 11.3 Å². The van der Waals surface area contributed by atoms with Gasteiger partial charge in [-0.05, 0) is 42.5 Å². The molecule has 150 valence electrons. The summed E-state index contributed by atoms with van der Waals surface area (Å²) in [4.78, 5) is 23.8. The Hall–Kier alpha value is -2.53. The summed E-state index contributed by atoms with van der Waals surface area (Å²) in [6, 6.07) is 14.1. The van der Waals surface area contributed by atoms with Crippen molar-refractivity contribution in [2.75, 3.05) is 13.1 Å². The second kappa shape index (κ2) is 11.3. The number of amides is 1. The summed E-state index contributed by atoms with van der Waals surface area (Å²) in [5, 5.41) is 9.09. The van der Waals surface area contributed by atoms with Crippen LogP contribution in [0, 0.1) is 5.92 Å². The average Bonchev–Trinajstić information content (AvgIpc) is 2.75. The van der Waals surface area contributed by atoms with E-state index in [0.717, 1.165) is 37.4 Å². The quantitative estimate of drug-likeness (QED) is 0.703. The van der Waals surface area contributed by atoms with E-state index in [9.17, 15) is 9.59 Å². The van der Waals surface area contributed by atoms with E-state index in [2.05, 4.69) is 6.92 Å². The van der Waals surface area contributed by atoms with Crippen LogP contribution in [-0.4, -0.2) is 35.5 Å². The molecule has 0 spiro atoms. The van der Waals surface area contributed by atoms with Gasteiger partial charge in [0.25, 0.3) is 0 Å². The molecule has 2 aromatic carbocycles. The number of aromatic hydroxyl groups is 1. The molecular weight excluding hydrogens is 378 g/mol. The van der Waals surface area contributed by atoms with Crippen LogP contribution in [0.5, 0.6) is 5.75 Å². The van der Waals surface area contributed by atoms with Crippen molar-refractivity contribution in [1.29, 1.82) is 0 Å². The molecule has 5 nitrogen and oxygen atoms in total. The van der Waals surface area contributed by atoms with Gasteiger partial charge in [-0.1, -0.05) is 55.3 Å². The Morgan fingerprint density at radius 3 is 2.46 bits per heavy atom. The third-order valence-electron chi connectivity index (χ3n) is 4.76. The van der Waals surface area contributed by atoms with Crippen molar-refractivity contribution in [3.8, 4) is 5.75 Å². The van der Waals surface area contributed by atoms with Crippen LogP contribution in [0.2, 0.25) is 5.02 Å². The first-order chi connectivity index (χ1) is 13.5. The highest BCUT2D eigenvalue weighted by molar-refractivity contribution is 6.32. The van der Waals surface area contributed by atoms with Gasteiger partial charge in [0.05, 0.1) is 5.02 Å². The first kappa shape index (κ1) is 21.8. The fourth-order valence-electron chi connectivity index (χ4n) is 2.93. The largest absolute Gasteiger partial charge is 0.506 e. The minimum Gasteiger partial charge on any atom is -0.506 e. The Labute approximate surface area is 170 Å². The molecule has 1 fully saturated rings. The predicted molar refractivity (Wildman–Crippen MR) is 110 cm³/mol. The number of carbonyl (C=O) groups is 2. The van der Waals surface area contributed by atoms with Crippen LogP contribution in [0.1, 0.15) is 42.1 Å². The number of benzene rings is 2. The van der Waals surface area contributed by atoms with Gasteiger partial charge in [-0.3, -0.25) is 4.79 Å². The van der Waals surface area contributed by atoms with Crippen LogP contribution in [0.3, 0.4) is 0 Å². The smallest absolute Gasteiger partial charge is 0.410 e. The molecule has 0 aliphatic carbocycles. The zero-order valence-corrected chi connectivity index (χ0v) is 16.8. The number of halogens is 1. The second-order valence-electron chi connectivity index (χ2n) is 6.71. The number of piperidine rings is 1. The van der Waals surface area contributed by atoms with Crippen molar-refractivity contribution < 1.29 is 19.4 Å².